The zero-order valence-electron chi connectivity index (χ0n) is 15.3. The Kier molecular flexibility index (Phi) is 13.7. The maximum Gasteiger partial charge on any atom is 0.191 e. The summed E-state index contributed by atoms with van der Waals surface area (Å²) in [5.74, 6) is 1.75. The van der Waals surface area contributed by atoms with Crippen LogP contribution < -0.4 is 15.4 Å². The average molecular weight is 449 g/mol. The molecule has 1 aromatic carbocycles. The third-order valence-electron chi connectivity index (χ3n) is 3.42. The van der Waals surface area contributed by atoms with Gasteiger partial charge in [-0.1, -0.05) is 25.5 Å². The summed E-state index contributed by atoms with van der Waals surface area (Å²) in [7, 11) is 3.47. The fourth-order valence-electron chi connectivity index (χ4n) is 2.13. The molecule has 6 heteroatoms. The van der Waals surface area contributed by atoms with Gasteiger partial charge in [0, 0.05) is 26.7 Å². The molecule has 1 unspecified atom stereocenters. The second kappa shape index (κ2) is 14.3. The lowest BCUT2D eigenvalue weighted by molar-refractivity contribution is 0.179. The van der Waals surface area contributed by atoms with Gasteiger partial charge in [0.2, 0.25) is 0 Å². The molecule has 0 fully saturated rings. The van der Waals surface area contributed by atoms with E-state index in [0.717, 1.165) is 44.1 Å². The van der Waals surface area contributed by atoms with E-state index >= 15 is 0 Å². The summed E-state index contributed by atoms with van der Waals surface area (Å²) in [4.78, 5) is 4.22. The van der Waals surface area contributed by atoms with Crippen molar-refractivity contribution in [2.75, 3.05) is 33.9 Å². The second-order valence-electron chi connectivity index (χ2n) is 5.60. The number of rotatable bonds is 10. The van der Waals surface area contributed by atoms with E-state index < -0.39 is 0 Å². The molecular formula is C18H32IN3O2. The highest BCUT2D eigenvalue weighted by Gasteiger charge is 2.04. The molecule has 0 heterocycles. The van der Waals surface area contributed by atoms with Gasteiger partial charge in [-0.15, -0.1) is 24.0 Å². The number of ether oxygens (including phenoxy) is 2. The minimum atomic E-state index is 0. The Hall–Kier alpha value is -1.02. The number of aliphatic imine (C=N–C) groups is 1. The van der Waals surface area contributed by atoms with E-state index in [-0.39, 0.29) is 30.0 Å². The van der Waals surface area contributed by atoms with Crippen LogP contribution in [0.1, 0.15) is 32.3 Å². The molecule has 0 saturated heterocycles. The topological polar surface area (TPSA) is 54.9 Å². The molecule has 0 saturated carbocycles. The summed E-state index contributed by atoms with van der Waals surface area (Å²) in [6.45, 7) is 6.50. The predicted octanol–water partition coefficient (Wildman–Crippen LogP) is 3.23. The molecule has 0 aliphatic carbocycles. The fourth-order valence-corrected chi connectivity index (χ4v) is 2.13. The lowest BCUT2D eigenvalue weighted by atomic mass is 10.1. The molecule has 1 aromatic rings. The van der Waals surface area contributed by atoms with Gasteiger partial charge >= 0.3 is 0 Å². The predicted molar refractivity (Wildman–Crippen MR) is 112 cm³/mol. The van der Waals surface area contributed by atoms with Crippen molar-refractivity contribution in [3.63, 3.8) is 0 Å². The van der Waals surface area contributed by atoms with E-state index in [9.17, 15) is 0 Å². The number of benzene rings is 1. The normalized spacial score (nSPS) is 12.2. The van der Waals surface area contributed by atoms with Crippen molar-refractivity contribution in [3.05, 3.63) is 29.8 Å². The van der Waals surface area contributed by atoms with Gasteiger partial charge in [-0.25, -0.2) is 0 Å². The van der Waals surface area contributed by atoms with Crippen LogP contribution in [0.5, 0.6) is 5.75 Å². The highest BCUT2D eigenvalue weighted by molar-refractivity contribution is 14.0. The van der Waals surface area contributed by atoms with Crippen molar-refractivity contribution < 1.29 is 9.47 Å². The van der Waals surface area contributed by atoms with Gasteiger partial charge < -0.3 is 20.1 Å². The summed E-state index contributed by atoms with van der Waals surface area (Å²) < 4.78 is 10.8. The van der Waals surface area contributed by atoms with Gasteiger partial charge in [0.25, 0.3) is 0 Å². The zero-order valence-corrected chi connectivity index (χ0v) is 17.6. The Morgan fingerprint density at radius 3 is 2.54 bits per heavy atom. The number of hydrogen-bond donors (Lipinski definition) is 2. The molecule has 0 amide bonds. The number of halogens is 1. The first-order valence-electron chi connectivity index (χ1n) is 8.37. The van der Waals surface area contributed by atoms with Gasteiger partial charge in [-0.3, -0.25) is 4.99 Å². The fraction of sp³-hybridized carbons (Fsp3) is 0.611. The minimum absolute atomic E-state index is 0. The standard InChI is InChI=1S/C18H31N3O2.HI/c1-5-6-13-23-17-9-7-16(8-10-17)11-12-20-18(19-3)21-15(2)14-22-4;/h7-10,15H,5-6,11-14H2,1-4H3,(H2,19,20,21);1H. The SMILES string of the molecule is CCCCOc1ccc(CCNC(=NC)NC(C)COC)cc1.I. The summed E-state index contributed by atoms with van der Waals surface area (Å²) in [6, 6.07) is 8.54. The van der Waals surface area contributed by atoms with Crippen LogP contribution in [0.4, 0.5) is 0 Å². The first-order valence-corrected chi connectivity index (χ1v) is 8.37. The van der Waals surface area contributed by atoms with E-state index in [1.165, 1.54) is 5.56 Å². The van der Waals surface area contributed by atoms with Crippen LogP contribution in [0, 0.1) is 0 Å². The third-order valence-corrected chi connectivity index (χ3v) is 3.42. The highest BCUT2D eigenvalue weighted by Crippen LogP contribution is 2.12. The monoisotopic (exact) mass is 449 g/mol. The lowest BCUT2D eigenvalue weighted by Gasteiger charge is -2.17. The van der Waals surface area contributed by atoms with Crippen LogP contribution in [0.2, 0.25) is 0 Å². The Labute approximate surface area is 163 Å². The largest absolute Gasteiger partial charge is 0.494 e. The average Bonchev–Trinajstić information content (AvgIpc) is 2.56. The molecule has 138 valence electrons. The highest BCUT2D eigenvalue weighted by atomic mass is 127. The molecule has 0 aliphatic rings. The van der Waals surface area contributed by atoms with Crippen LogP contribution in [-0.4, -0.2) is 45.9 Å². The zero-order chi connectivity index (χ0) is 16.9. The number of methoxy groups -OCH3 is 1. The molecule has 24 heavy (non-hydrogen) atoms. The van der Waals surface area contributed by atoms with Crippen molar-refractivity contribution in [2.45, 2.75) is 39.2 Å². The summed E-state index contributed by atoms with van der Waals surface area (Å²) in [6.07, 6.45) is 3.19. The smallest absolute Gasteiger partial charge is 0.191 e. The Bertz CT molecular complexity index is 452. The van der Waals surface area contributed by atoms with E-state index in [1.807, 2.05) is 12.1 Å². The maximum atomic E-state index is 5.67. The van der Waals surface area contributed by atoms with Gasteiger partial charge in [0.15, 0.2) is 5.96 Å². The minimum Gasteiger partial charge on any atom is -0.494 e. The molecule has 2 N–H and O–H groups in total. The molecular weight excluding hydrogens is 417 g/mol. The van der Waals surface area contributed by atoms with Gasteiger partial charge in [-0.2, -0.15) is 0 Å². The van der Waals surface area contributed by atoms with Crippen molar-refractivity contribution in [2.24, 2.45) is 4.99 Å². The van der Waals surface area contributed by atoms with Crippen molar-refractivity contribution in [3.8, 4) is 5.75 Å². The second-order valence-corrected chi connectivity index (χ2v) is 5.60. The molecule has 0 bridgehead atoms. The van der Waals surface area contributed by atoms with Crippen molar-refractivity contribution in [1.82, 2.24) is 10.6 Å². The number of unbranched alkanes of at least 4 members (excludes halogenated alkanes) is 1. The maximum absolute atomic E-state index is 5.67. The van der Waals surface area contributed by atoms with Gasteiger partial charge in [0.1, 0.15) is 5.75 Å². The number of nitrogens with zero attached hydrogens (tertiary/aromatic N) is 1. The third kappa shape index (κ3) is 9.97. The summed E-state index contributed by atoms with van der Waals surface area (Å²) in [5.41, 5.74) is 1.28. The molecule has 0 aliphatic heterocycles. The van der Waals surface area contributed by atoms with E-state index in [0.29, 0.717) is 6.61 Å². The number of nitrogens with one attached hydrogen (secondary N) is 2. The lowest BCUT2D eigenvalue weighted by Crippen LogP contribution is -2.44. The number of guanidine groups is 1. The van der Waals surface area contributed by atoms with Crippen LogP contribution >= 0.6 is 24.0 Å². The van der Waals surface area contributed by atoms with E-state index in [4.69, 9.17) is 9.47 Å². The summed E-state index contributed by atoms with van der Waals surface area (Å²) >= 11 is 0. The molecule has 0 aromatic heterocycles. The number of hydrogen-bond acceptors (Lipinski definition) is 3. The Morgan fingerprint density at radius 1 is 1.25 bits per heavy atom. The first-order chi connectivity index (χ1) is 11.2. The van der Waals surface area contributed by atoms with Crippen molar-refractivity contribution in [1.29, 1.82) is 0 Å². The Morgan fingerprint density at radius 2 is 1.96 bits per heavy atom. The quantitative estimate of drug-likeness (QED) is 0.249. The molecule has 0 spiro atoms. The first kappa shape index (κ1) is 23.0. The van der Waals surface area contributed by atoms with Crippen LogP contribution in [0.25, 0.3) is 0 Å². The molecule has 5 nitrogen and oxygen atoms in total. The van der Waals surface area contributed by atoms with Crippen molar-refractivity contribution >= 4 is 29.9 Å². The van der Waals surface area contributed by atoms with Crippen LogP contribution in [0.3, 0.4) is 0 Å². The van der Waals surface area contributed by atoms with E-state index in [1.54, 1.807) is 14.2 Å². The van der Waals surface area contributed by atoms with Crippen LogP contribution in [-0.2, 0) is 11.2 Å². The summed E-state index contributed by atoms with van der Waals surface area (Å²) in [5, 5.41) is 6.60. The molecule has 1 atom stereocenters. The van der Waals surface area contributed by atoms with E-state index in [2.05, 4.69) is 41.6 Å². The molecule has 1 rings (SSSR count). The van der Waals surface area contributed by atoms with Gasteiger partial charge in [0.05, 0.1) is 13.2 Å². The van der Waals surface area contributed by atoms with Gasteiger partial charge in [-0.05, 0) is 37.5 Å². The van der Waals surface area contributed by atoms with Crippen LogP contribution in [0.15, 0.2) is 29.3 Å². The Balaban J connectivity index is 0.00000529. The molecule has 0 radical (unpaired) electrons.